The van der Waals surface area contributed by atoms with E-state index in [-0.39, 0.29) is 17.2 Å². The van der Waals surface area contributed by atoms with Crippen LogP contribution in [-0.4, -0.2) is 42.8 Å². The summed E-state index contributed by atoms with van der Waals surface area (Å²) in [6.07, 6.45) is 0. The summed E-state index contributed by atoms with van der Waals surface area (Å²) in [6, 6.07) is 2.27. The SMILES string of the molecule is OC[C@@H](c1c(F)ccc(Cl)c1Cl)N1CCNCC1. The second-order valence-electron chi connectivity index (χ2n) is 4.24. The Morgan fingerprint density at radius 2 is 2.00 bits per heavy atom. The number of hydrogen-bond acceptors (Lipinski definition) is 3. The predicted octanol–water partition coefficient (Wildman–Crippen LogP) is 2.07. The van der Waals surface area contributed by atoms with Crippen molar-refractivity contribution in [2.24, 2.45) is 0 Å². The average Bonchev–Trinajstić information content (AvgIpc) is 2.40. The van der Waals surface area contributed by atoms with E-state index >= 15 is 0 Å². The zero-order valence-electron chi connectivity index (χ0n) is 9.80. The Labute approximate surface area is 115 Å². The molecule has 0 saturated carbocycles. The maximum atomic E-state index is 13.9. The average molecular weight is 293 g/mol. The first-order valence-corrected chi connectivity index (χ1v) is 6.59. The van der Waals surface area contributed by atoms with Crippen molar-refractivity contribution in [1.82, 2.24) is 10.2 Å². The molecule has 1 saturated heterocycles. The van der Waals surface area contributed by atoms with Gasteiger partial charge in [0.05, 0.1) is 22.7 Å². The fraction of sp³-hybridized carbons (Fsp3) is 0.500. The third-order valence-electron chi connectivity index (χ3n) is 3.18. The number of aliphatic hydroxyl groups excluding tert-OH is 1. The molecule has 1 heterocycles. The highest BCUT2D eigenvalue weighted by molar-refractivity contribution is 6.42. The van der Waals surface area contributed by atoms with Gasteiger partial charge in [-0.25, -0.2) is 4.39 Å². The Morgan fingerprint density at radius 1 is 1.33 bits per heavy atom. The van der Waals surface area contributed by atoms with E-state index in [0.717, 1.165) is 26.2 Å². The molecule has 1 aliphatic rings. The third-order valence-corrected chi connectivity index (χ3v) is 4.00. The van der Waals surface area contributed by atoms with Crippen molar-refractivity contribution in [3.8, 4) is 0 Å². The third kappa shape index (κ3) is 2.78. The predicted molar refractivity (Wildman–Crippen MR) is 70.7 cm³/mol. The van der Waals surface area contributed by atoms with Gasteiger partial charge in [-0.2, -0.15) is 0 Å². The molecular formula is C12H15Cl2FN2O. The minimum Gasteiger partial charge on any atom is -0.394 e. The van der Waals surface area contributed by atoms with Gasteiger partial charge in [0.1, 0.15) is 5.82 Å². The zero-order chi connectivity index (χ0) is 13.1. The molecule has 1 aromatic rings. The summed E-state index contributed by atoms with van der Waals surface area (Å²) < 4.78 is 13.9. The minimum absolute atomic E-state index is 0.184. The van der Waals surface area contributed by atoms with E-state index in [1.54, 1.807) is 0 Å². The van der Waals surface area contributed by atoms with Gasteiger partial charge in [0.25, 0.3) is 0 Å². The molecule has 100 valence electrons. The molecule has 1 aromatic carbocycles. The van der Waals surface area contributed by atoms with Crippen LogP contribution in [0.5, 0.6) is 0 Å². The van der Waals surface area contributed by atoms with Gasteiger partial charge in [0, 0.05) is 31.7 Å². The van der Waals surface area contributed by atoms with Crippen molar-refractivity contribution < 1.29 is 9.50 Å². The number of nitrogens with zero attached hydrogens (tertiary/aromatic N) is 1. The molecule has 0 bridgehead atoms. The van der Waals surface area contributed by atoms with Gasteiger partial charge in [0.15, 0.2) is 0 Å². The van der Waals surface area contributed by atoms with Crippen LogP contribution in [0.25, 0.3) is 0 Å². The van der Waals surface area contributed by atoms with E-state index in [1.165, 1.54) is 12.1 Å². The van der Waals surface area contributed by atoms with Crippen LogP contribution in [0.1, 0.15) is 11.6 Å². The zero-order valence-corrected chi connectivity index (χ0v) is 11.3. The molecule has 0 amide bonds. The lowest BCUT2D eigenvalue weighted by molar-refractivity contribution is 0.108. The van der Waals surface area contributed by atoms with Gasteiger partial charge in [-0.3, -0.25) is 4.90 Å². The standard InChI is InChI=1S/C12H15Cl2FN2O/c13-8-1-2-9(15)11(12(8)14)10(7-18)17-5-3-16-4-6-17/h1-2,10,16,18H,3-7H2/t10-/m0/s1. The van der Waals surface area contributed by atoms with Gasteiger partial charge < -0.3 is 10.4 Å². The molecule has 6 heteroatoms. The van der Waals surface area contributed by atoms with Crippen LogP contribution < -0.4 is 5.32 Å². The molecule has 1 aliphatic heterocycles. The van der Waals surface area contributed by atoms with E-state index < -0.39 is 11.9 Å². The second kappa shape index (κ2) is 6.17. The first-order chi connectivity index (χ1) is 8.65. The first-order valence-electron chi connectivity index (χ1n) is 5.84. The molecule has 0 aliphatic carbocycles. The van der Waals surface area contributed by atoms with Crippen molar-refractivity contribution in [1.29, 1.82) is 0 Å². The fourth-order valence-corrected chi connectivity index (χ4v) is 2.68. The molecule has 0 spiro atoms. The Balaban J connectivity index is 2.34. The number of hydrogen-bond donors (Lipinski definition) is 2. The second-order valence-corrected chi connectivity index (χ2v) is 5.03. The summed E-state index contributed by atoms with van der Waals surface area (Å²) in [4.78, 5) is 2.01. The largest absolute Gasteiger partial charge is 0.394 e. The lowest BCUT2D eigenvalue weighted by atomic mass is 10.0. The van der Waals surface area contributed by atoms with Crippen molar-refractivity contribution in [2.45, 2.75) is 6.04 Å². The first kappa shape index (κ1) is 14.0. The number of benzene rings is 1. The Morgan fingerprint density at radius 3 is 2.61 bits per heavy atom. The number of rotatable bonds is 3. The topological polar surface area (TPSA) is 35.5 Å². The molecule has 0 radical (unpaired) electrons. The molecule has 1 atom stereocenters. The van der Waals surface area contributed by atoms with E-state index in [2.05, 4.69) is 5.32 Å². The highest BCUT2D eigenvalue weighted by atomic mass is 35.5. The van der Waals surface area contributed by atoms with Crippen molar-refractivity contribution in [3.63, 3.8) is 0 Å². The summed E-state index contributed by atoms with van der Waals surface area (Å²) in [5, 5.41) is 13.2. The Kier molecular flexibility index (Phi) is 4.81. The molecule has 18 heavy (non-hydrogen) atoms. The summed E-state index contributed by atoms with van der Waals surface area (Å²) in [7, 11) is 0. The maximum Gasteiger partial charge on any atom is 0.129 e. The summed E-state index contributed by atoms with van der Waals surface area (Å²) >= 11 is 12.0. The van der Waals surface area contributed by atoms with Crippen LogP contribution in [0.2, 0.25) is 10.0 Å². The highest BCUT2D eigenvalue weighted by Crippen LogP contribution is 2.34. The van der Waals surface area contributed by atoms with E-state index in [9.17, 15) is 9.50 Å². The van der Waals surface area contributed by atoms with Crippen LogP contribution in [0.4, 0.5) is 4.39 Å². The molecule has 2 N–H and O–H groups in total. The van der Waals surface area contributed by atoms with Crippen molar-refractivity contribution in [3.05, 3.63) is 33.6 Å². The Bertz CT molecular complexity index is 425. The van der Waals surface area contributed by atoms with Crippen LogP contribution >= 0.6 is 23.2 Å². The molecule has 3 nitrogen and oxygen atoms in total. The minimum atomic E-state index is -0.446. The Hall–Kier alpha value is -0.390. The quantitative estimate of drug-likeness (QED) is 0.838. The monoisotopic (exact) mass is 292 g/mol. The van der Waals surface area contributed by atoms with Gasteiger partial charge in [-0.05, 0) is 12.1 Å². The lowest BCUT2D eigenvalue weighted by Gasteiger charge is -2.34. The number of nitrogens with one attached hydrogen (secondary N) is 1. The van der Waals surface area contributed by atoms with E-state index in [4.69, 9.17) is 23.2 Å². The van der Waals surface area contributed by atoms with Crippen LogP contribution in [-0.2, 0) is 0 Å². The summed E-state index contributed by atoms with van der Waals surface area (Å²) in [5.41, 5.74) is 0.286. The van der Waals surface area contributed by atoms with Gasteiger partial charge in [-0.15, -0.1) is 0 Å². The van der Waals surface area contributed by atoms with Crippen LogP contribution in [0, 0.1) is 5.82 Å². The van der Waals surface area contributed by atoms with Gasteiger partial charge in [0.2, 0.25) is 0 Å². The molecule has 0 aromatic heterocycles. The normalized spacial score (nSPS) is 18.9. The lowest BCUT2D eigenvalue weighted by Crippen LogP contribution is -2.46. The van der Waals surface area contributed by atoms with E-state index in [0.29, 0.717) is 5.02 Å². The van der Waals surface area contributed by atoms with E-state index in [1.807, 2.05) is 4.90 Å². The van der Waals surface area contributed by atoms with Gasteiger partial charge in [-0.1, -0.05) is 23.2 Å². The van der Waals surface area contributed by atoms with Crippen LogP contribution in [0.3, 0.4) is 0 Å². The van der Waals surface area contributed by atoms with Crippen molar-refractivity contribution >= 4 is 23.2 Å². The fourth-order valence-electron chi connectivity index (χ4n) is 2.23. The number of piperazine rings is 1. The molecule has 2 rings (SSSR count). The molecular weight excluding hydrogens is 278 g/mol. The van der Waals surface area contributed by atoms with Crippen molar-refractivity contribution in [2.75, 3.05) is 32.8 Å². The highest BCUT2D eigenvalue weighted by Gasteiger charge is 2.27. The van der Waals surface area contributed by atoms with Crippen LogP contribution in [0.15, 0.2) is 12.1 Å². The molecule has 0 unspecified atom stereocenters. The number of halogens is 3. The smallest absolute Gasteiger partial charge is 0.129 e. The van der Waals surface area contributed by atoms with Gasteiger partial charge >= 0.3 is 0 Å². The summed E-state index contributed by atoms with van der Waals surface area (Å²) in [5.74, 6) is -0.429. The summed E-state index contributed by atoms with van der Waals surface area (Å²) in [6.45, 7) is 2.94. The maximum absolute atomic E-state index is 13.9. The molecule has 1 fully saturated rings. The number of aliphatic hydroxyl groups is 1.